The van der Waals surface area contributed by atoms with Gasteiger partial charge >= 0.3 is 6.18 Å². The molecule has 0 bridgehead atoms. The minimum Gasteiger partial charge on any atom is -0.363 e. The fraction of sp³-hybridized carbons (Fsp3) is 0.450. The molecule has 1 fully saturated rings. The van der Waals surface area contributed by atoms with Crippen molar-refractivity contribution in [2.45, 2.75) is 25.4 Å². The minimum atomic E-state index is -4.56. The number of alkyl halides is 3. The van der Waals surface area contributed by atoms with Crippen LogP contribution in [0.15, 0.2) is 41.1 Å². The molecule has 2 heterocycles. The number of halogens is 3. The Morgan fingerprint density at radius 1 is 1.17 bits per heavy atom. The Morgan fingerprint density at radius 3 is 2.60 bits per heavy atom. The van der Waals surface area contributed by atoms with E-state index in [4.69, 9.17) is 0 Å². The van der Waals surface area contributed by atoms with Gasteiger partial charge in [-0.1, -0.05) is 17.6 Å². The van der Waals surface area contributed by atoms with Gasteiger partial charge in [0, 0.05) is 24.7 Å². The molecule has 162 valence electrons. The Bertz CT molecular complexity index is 849. The zero-order valence-electron chi connectivity index (χ0n) is 16.3. The van der Waals surface area contributed by atoms with Crippen molar-refractivity contribution in [3.8, 4) is 0 Å². The first-order valence-corrected chi connectivity index (χ1v) is 9.72. The van der Waals surface area contributed by atoms with Crippen LogP contribution in [0, 0.1) is 0 Å². The predicted molar refractivity (Wildman–Crippen MR) is 103 cm³/mol. The summed E-state index contributed by atoms with van der Waals surface area (Å²) in [5.41, 5.74) is -1.02. The maximum absolute atomic E-state index is 13.0. The number of nitrogens with zero attached hydrogens (tertiary/aromatic N) is 3. The second-order valence-corrected chi connectivity index (χ2v) is 7.14. The van der Waals surface area contributed by atoms with Crippen LogP contribution in [0.3, 0.4) is 0 Å². The van der Waals surface area contributed by atoms with Gasteiger partial charge in [-0.05, 0) is 44.1 Å². The van der Waals surface area contributed by atoms with E-state index in [1.165, 1.54) is 29.4 Å². The molecule has 2 amide bonds. The summed E-state index contributed by atoms with van der Waals surface area (Å²) in [6, 6.07) is 5.68. The first-order chi connectivity index (χ1) is 14.3. The van der Waals surface area contributed by atoms with E-state index >= 15 is 0 Å². The highest BCUT2D eigenvalue weighted by Crippen LogP contribution is 2.29. The van der Waals surface area contributed by atoms with Crippen molar-refractivity contribution in [2.24, 2.45) is 0 Å². The molecule has 0 radical (unpaired) electrons. The topological polar surface area (TPSA) is 78.7 Å². The molecule has 1 aromatic carbocycles. The number of piperidine rings is 1. The number of aromatic nitrogens is 1. The number of amides is 2. The largest absolute Gasteiger partial charge is 0.416 e. The van der Waals surface area contributed by atoms with Gasteiger partial charge in [0.1, 0.15) is 12.8 Å². The number of hydrogen-bond acceptors (Lipinski definition) is 5. The minimum absolute atomic E-state index is 0.113. The van der Waals surface area contributed by atoms with E-state index in [1.54, 1.807) is 0 Å². The zero-order chi connectivity index (χ0) is 21.6. The van der Waals surface area contributed by atoms with Crippen molar-refractivity contribution >= 4 is 17.6 Å². The Labute approximate surface area is 171 Å². The third-order valence-electron chi connectivity index (χ3n) is 4.90. The number of carbonyl (C=O) groups excluding carboxylic acids is 2. The molecule has 0 unspecified atom stereocenters. The van der Waals surface area contributed by atoms with Gasteiger partial charge in [-0.15, -0.1) is 0 Å². The highest BCUT2D eigenvalue weighted by Gasteiger charge is 2.31. The quantitative estimate of drug-likeness (QED) is 0.738. The van der Waals surface area contributed by atoms with Crippen LogP contribution in [0.5, 0.6) is 0 Å². The predicted octanol–water partition coefficient (Wildman–Crippen LogP) is 3.26. The normalized spacial score (nSPS) is 15.0. The molecular formula is C20H23F3N4O3. The Morgan fingerprint density at radius 2 is 1.93 bits per heavy atom. The highest BCUT2D eigenvalue weighted by atomic mass is 19.4. The van der Waals surface area contributed by atoms with Crippen LogP contribution in [0.1, 0.15) is 35.2 Å². The third-order valence-corrected chi connectivity index (χ3v) is 4.90. The van der Waals surface area contributed by atoms with Crippen molar-refractivity contribution in [3.63, 3.8) is 0 Å². The van der Waals surface area contributed by atoms with Crippen molar-refractivity contribution < 1.29 is 27.3 Å². The van der Waals surface area contributed by atoms with Crippen molar-refractivity contribution in [1.82, 2.24) is 15.0 Å². The molecule has 1 saturated heterocycles. The maximum Gasteiger partial charge on any atom is 0.416 e. The van der Waals surface area contributed by atoms with Gasteiger partial charge in [0.05, 0.1) is 5.56 Å². The fourth-order valence-electron chi connectivity index (χ4n) is 3.34. The van der Waals surface area contributed by atoms with Gasteiger partial charge in [-0.2, -0.15) is 13.2 Å². The maximum atomic E-state index is 13.0. The lowest BCUT2D eigenvalue weighted by molar-refractivity contribution is -0.137. The average molecular weight is 424 g/mol. The molecule has 0 atom stereocenters. The smallest absolute Gasteiger partial charge is 0.363 e. The van der Waals surface area contributed by atoms with Crippen LogP contribution in [0.4, 0.5) is 19.0 Å². The van der Waals surface area contributed by atoms with Crippen LogP contribution in [0.25, 0.3) is 0 Å². The molecule has 1 aliphatic rings. The van der Waals surface area contributed by atoms with Crippen LogP contribution < -0.4 is 5.32 Å². The van der Waals surface area contributed by atoms with E-state index in [0.29, 0.717) is 6.54 Å². The van der Waals surface area contributed by atoms with Crippen molar-refractivity contribution in [3.05, 3.63) is 47.7 Å². The van der Waals surface area contributed by atoms with Crippen LogP contribution >= 0.6 is 0 Å². The second kappa shape index (κ2) is 9.75. The molecule has 30 heavy (non-hydrogen) atoms. The summed E-state index contributed by atoms with van der Waals surface area (Å²) in [5.74, 6) is -0.946. The molecule has 1 aliphatic heterocycles. The van der Waals surface area contributed by atoms with Gasteiger partial charge in [0.15, 0.2) is 5.82 Å². The van der Waals surface area contributed by atoms with Gasteiger partial charge in [0.2, 0.25) is 5.91 Å². The molecule has 0 aliphatic carbocycles. The first kappa shape index (κ1) is 21.8. The number of benzene rings is 1. The molecule has 7 nitrogen and oxygen atoms in total. The van der Waals surface area contributed by atoms with Gasteiger partial charge in [-0.3, -0.25) is 9.59 Å². The van der Waals surface area contributed by atoms with Gasteiger partial charge in [0.25, 0.3) is 5.91 Å². The molecule has 0 saturated carbocycles. The van der Waals surface area contributed by atoms with Crippen LogP contribution in [0.2, 0.25) is 0 Å². The summed E-state index contributed by atoms with van der Waals surface area (Å²) in [5, 5.41) is 6.08. The summed E-state index contributed by atoms with van der Waals surface area (Å²) < 4.78 is 43.8. The fourth-order valence-corrected chi connectivity index (χ4v) is 3.34. The number of nitrogens with one attached hydrogen (secondary N) is 1. The van der Waals surface area contributed by atoms with Crippen LogP contribution in [-0.2, 0) is 11.0 Å². The molecule has 10 heteroatoms. The zero-order valence-corrected chi connectivity index (χ0v) is 16.3. The summed E-state index contributed by atoms with van der Waals surface area (Å²) in [6.07, 6.45) is 0.0166. The van der Waals surface area contributed by atoms with E-state index in [2.05, 4.69) is 19.9 Å². The number of likely N-dealkylation sites (tertiary alicyclic amines) is 1. The first-order valence-electron chi connectivity index (χ1n) is 9.72. The molecule has 3 rings (SSSR count). The Kier molecular flexibility index (Phi) is 7.09. The monoisotopic (exact) mass is 424 g/mol. The van der Waals surface area contributed by atoms with Crippen molar-refractivity contribution in [1.29, 1.82) is 0 Å². The van der Waals surface area contributed by atoms with E-state index in [1.807, 2.05) is 0 Å². The van der Waals surface area contributed by atoms with E-state index in [-0.39, 0.29) is 24.5 Å². The molecular weight excluding hydrogens is 401 g/mol. The average Bonchev–Trinajstić information content (AvgIpc) is 3.23. The lowest BCUT2D eigenvalue weighted by atomic mass is 10.1. The van der Waals surface area contributed by atoms with Gasteiger partial charge < -0.3 is 19.6 Å². The SMILES string of the molecule is O=C(CN(CCN1CCCCC1)C(=O)c1cccc(C(F)(F)F)c1)Nc1ccon1. The lowest BCUT2D eigenvalue weighted by Crippen LogP contribution is -2.43. The second-order valence-electron chi connectivity index (χ2n) is 7.14. The Balaban J connectivity index is 1.73. The number of rotatable bonds is 7. The van der Waals surface area contributed by atoms with E-state index < -0.39 is 23.6 Å². The van der Waals surface area contributed by atoms with Crippen molar-refractivity contribution in [2.75, 3.05) is 38.0 Å². The molecule has 1 aromatic heterocycles. The molecule has 1 N–H and O–H groups in total. The number of hydrogen-bond donors (Lipinski definition) is 1. The summed E-state index contributed by atoms with van der Waals surface area (Å²) in [7, 11) is 0. The number of carbonyl (C=O) groups is 2. The summed E-state index contributed by atoms with van der Waals surface area (Å²) in [6.45, 7) is 2.26. The van der Waals surface area contributed by atoms with Gasteiger partial charge in [-0.25, -0.2) is 0 Å². The molecule has 0 spiro atoms. The standard InChI is InChI=1S/C20H23F3N4O3/c21-20(22,23)16-6-4-5-15(13-16)19(29)27(11-10-26-8-2-1-3-9-26)14-18(28)24-17-7-12-30-25-17/h4-7,12-13H,1-3,8-11,14H2,(H,24,25,28). The third kappa shape index (κ3) is 6.06. The highest BCUT2D eigenvalue weighted by molar-refractivity contribution is 5.99. The summed E-state index contributed by atoms with van der Waals surface area (Å²) >= 11 is 0. The summed E-state index contributed by atoms with van der Waals surface area (Å²) in [4.78, 5) is 28.8. The van der Waals surface area contributed by atoms with E-state index in [0.717, 1.165) is 44.5 Å². The Hall–Kier alpha value is -2.88. The lowest BCUT2D eigenvalue weighted by Gasteiger charge is -2.30. The van der Waals surface area contributed by atoms with E-state index in [9.17, 15) is 22.8 Å². The van der Waals surface area contributed by atoms with Crippen LogP contribution in [-0.4, -0.2) is 59.5 Å². The molecule has 2 aromatic rings. The number of anilines is 1.